The molecule has 2 unspecified atom stereocenters. The summed E-state index contributed by atoms with van der Waals surface area (Å²) in [6, 6.07) is 8.69. The van der Waals surface area contributed by atoms with E-state index in [1.165, 1.54) is 6.33 Å². The van der Waals surface area contributed by atoms with Crippen LogP contribution in [0.2, 0.25) is 0 Å². The van der Waals surface area contributed by atoms with Crippen LogP contribution in [0.4, 0.5) is 5.82 Å². The van der Waals surface area contributed by atoms with Gasteiger partial charge in [-0.3, -0.25) is 9.59 Å². The number of imidazole rings is 1. The van der Waals surface area contributed by atoms with Gasteiger partial charge in [0.25, 0.3) is 0 Å². The van der Waals surface area contributed by atoms with Gasteiger partial charge in [0.2, 0.25) is 0 Å². The summed E-state index contributed by atoms with van der Waals surface area (Å²) in [6.07, 6.45) is 2.26. The summed E-state index contributed by atoms with van der Waals surface area (Å²) in [5, 5.41) is 2.98. The lowest BCUT2D eigenvalue weighted by atomic mass is 10.1. The summed E-state index contributed by atoms with van der Waals surface area (Å²) >= 11 is 0. The molecule has 0 aliphatic heterocycles. The molecule has 0 saturated carbocycles. The zero-order chi connectivity index (χ0) is 29.5. The number of nitrogens with one attached hydrogen (secondary N) is 1. The van der Waals surface area contributed by atoms with Crippen LogP contribution in [0.25, 0.3) is 11.2 Å². The normalized spacial score (nSPS) is 15.0. The van der Waals surface area contributed by atoms with E-state index in [-0.39, 0.29) is 18.8 Å². The standard InChI is InChI=1S/C27H39N6O6P/c1-7-13-37-26(35)27(5,6)32-40(36,22(25(34)39-18(2)3)20-11-9-8-10-12-20)17-38-19(4)14-33-16-31-21-23(28)29-15-30-24(21)33/h8-12,15-16,18-19,22H,7,13-14,17H2,1-6H3,(H,32,36)(H2,28,29,30)/t19-,22?,40?/m1/s1. The number of anilines is 1. The topological polar surface area (TPSA) is 161 Å². The van der Waals surface area contributed by atoms with Gasteiger partial charge in [0, 0.05) is 0 Å². The van der Waals surface area contributed by atoms with Crippen LogP contribution in [0.1, 0.15) is 59.2 Å². The summed E-state index contributed by atoms with van der Waals surface area (Å²) in [5.41, 5.74) is 4.75. The number of nitrogen functional groups attached to an aromatic ring is 1. The van der Waals surface area contributed by atoms with Crippen molar-refractivity contribution in [2.24, 2.45) is 0 Å². The van der Waals surface area contributed by atoms with Gasteiger partial charge < -0.3 is 29.1 Å². The highest BCUT2D eigenvalue weighted by atomic mass is 31.2. The van der Waals surface area contributed by atoms with E-state index in [9.17, 15) is 14.2 Å². The van der Waals surface area contributed by atoms with Crippen molar-refractivity contribution in [3.8, 4) is 0 Å². The lowest BCUT2D eigenvalue weighted by Gasteiger charge is -2.35. The van der Waals surface area contributed by atoms with Crippen LogP contribution in [0.3, 0.4) is 0 Å². The third-order valence-electron chi connectivity index (χ3n) is 5.96. The van der Waals surface area contributed by atoms with Crippen molar-refractivity contribution in [2.75, 3.05) is 18.7 Å². The van der Waals surface area contributed by atoms with Gasteiger partial charge in [-0.15, -0.1) is 0 Å². The molecular formula is C27H39N6O6P. The van der Waals surface area contributed by atoms with Crippen LogP contribution in [0.15, 0.2) is 43.0 Å². The van der Waals surface area contributed by atoms with Gasteiger partial charge >= 0.3 is 11.9 Å². The Morgan fingerprint density at radius 1 is 1.12 bits per heavy atom. The first-order chi connectivity index (χ1) is 18.9. The lowest BCUT2D eigenvalue weighted by molar-refractivity contribution is -0.150. The molecule has 13 heteroatoms. The summed E-state index contributed by atoms with van der Waals surface area (Å²) < 4.78 is 33.7. The fourth-order valence-electron chi connectivity index (χ4n) is 4.14. The average Bonchev–Trinajstić information content (AvgIpc) is 3.30. The number of nitrogens with two attached hydrogens (primary N) is 1. The predicted octanol–water partition coefficient (Wildman–Crippen LogP) is 4.06. The van der Waals surface area contributed by atoms with Crippen LogP contribution in [0, 0.1) is 0 Å². The molecule has 0 amide bonds. The molecule has 0 aliphatic rings. The smallest absolute Gasteiger partial charge is 0.326 e. The number of hydrogen-bond acceptors (Lipinski definition) is 10. The van der Waals surface area contributed by atoms with Crippen molar-refractivity contribution in [1.82, 2.24) is 24.6 Å². The number of fused-ring (bicyclic) bond motifs is 1. The highest BCUT2D eigenvalue weighted by Crippen LogP contribution is 2.58. The van der Waals surface area contributed by atoms with Gasteiger partial charge in [0.15, 0.2) is 18.8 Å². The minimum absolute atomic E-state index is 0.214. The van der Waals surface area contributed by atoms with Gasteiger partial charge in [-0.25, -0.2) is 20.0 Å². The number of carbonyl (C=O) groups is 2. The Morgan fingerprint density at radius 3 is 2.48 bits per heavy atom. The fraction of sp³-hybridized carbons (Fsp3) is 0.519. The van der Waals surface area contributed by atoms with Crippen molar-refractivity contribution < 1.29 is 28.4 Å². The van der Waals surface area contributed by atoms with Gasteiger partial charge in [0.1, 0.15) is 29.4 Å². The fourth-order valence-corrected chi connectivity index (χ4v) is 7.06. The van der Waals surface area contributed by atoms with Crippen LogP contribution >= 0.6 is 7.29 Å². The third-order valence-corrected chi connectivity index (χ3v) is 8.77. The average molecular weight is 575 g/mol. The molecule has 3 aromatic rings. The van der Waals surface area contributed by atoms with E-state index in [0.29, 0.717) is 29.7 Å². The Labute approximate surface area is 234 Å². The first kappa shape index (κ1) is 31.2. The van der Waals surface area contributed by atoms with E-state index < -0.39 is 42.6 Å². The molecule has 3 rings (SSSR count). The molecule has 0 spiro atoms. The zero-order valence-corrected chi connectivity index (χ0v) is 24.8. The zero-order valence-electron chi connectivity index (χ0n) is 23.9. The van der Waals surface area contributed by atoms with E-state index >= 15 is 0 Å². The molecule has 0 radical (unpaired) electrons. The van der Waals surface area contributed by atoms with E-state index in [2.05, 4.69) is 20.0 Å². The largest absolute Gasteiger partial charge is 0.464 e. The van der Waals surface area contributed by atoms with Crippen LogP contribution in [-0.4, -0.2) is 62.2 Å². The van der Waals surface area contributed by atoms with Crippen molar-refractivity contribution >= 4 is 36.2 Å². The number of aromatic nitrogens is 4. The molecule has 0 fully saturated rings. The molecule has 218 valence electrons. The Bertz CT molecular complexity index is 1350. The van der Waals surface area contributed by atoms with Crippen molar-refractivity contribution in [2.45, 2.75) is 77.9 Å². The second-order valence-electron chi connectivity index (χ2n) is 10.4. The number of hydrogen-bond donors (Lipinski definition) is 2. The van der Waals surface area contributed by atoms with Gasteiger partial charge in [-0.1, -0.05) is 37.3 Å². The Kier molecular flexibility index (Phi) is 10.4. The molecule has 40 heavy (non-hydrogen) atoms. The predicted molar refractivity (Wildman–Crippen MR) is 152 cm³/mol. The molecule has 12 nitrogen and oxygen atoms in total. The van der Waals surface area contributed by atoms with E-state index in [4.69, 9.17) is 19.9 Å². The van der Waals surface area contributed by atoms with E-state index in [0.717, 1.165) is 0 Å². The molecule has 3 N–H and O–H groups in total. The maximum atomic E-state index is 14.9. The summed E-state index contributed by atoms with van der Waals surface area (Å²) in [7, 11) is -3.89. The number of benzene rings is 1. The van der Waals surface area contributed by atoms with Crippen molar-refractivity contribution in [1.29, 1.82) is 0 Å². The van der Waals surface area contributed by atoms with E-state index in [1.807, 2.05) is 6.92 Å². The molecule has 0 saturated heterocycles. The van der Waals surface area contributed by atoms with Gasteiger partial charge in [-0.05, 0) is 46.6 Å². The molecule has 3 atom stereocenters. The van der Waals surface area contributed by atoms with Crippen LogP contribution in [0.5, 0.6) is 0 Å². The molecule has 2 heterocycles. The number of esters is 2. The van der Waals surface area contributed by atoms with Gasteiger partial charge in [0.05, 0.1) is 31.7 Å². The molecule has 1 aromatic carbocycles. The number of rotatable bonds is 14. The van der Waals surface area contributed by atoms with Gasteiger partial charge in [-0.2, -0.15) is 0 Å². The second kappa shape index (κ2) is 13.3. The quantitative estimate of drug-likeness (QED) is 0.211. The highest BCUT2D eigenvalue weighted by Gasteiger charge is 2.47. The molecule has 0 bridgehead atoms. The Hall–Kier alpha value is -3.34. The van der Waals surface area contributed by atoms with E-state index in [1.54, 1.807) is 75.8 Å². The van der Waals surface area contributed by atoms with Crippen molar-refractivity contribution in [3.05, 3.63) is 48.5 Å². The maximum absolute atomic E-state index is 14.9. The molecule has 0 aliphatic carbocycles. The minimum atomic E-state index is -3.89. The summed E-state index contributed by atoms with van der Waals surface area (Å²) in [4.78, 5) is 38.8. The Morgan fingerprint density at radius 2 is 1.82 bits per heavy atom. The SMILES string of the molecule is CCCOC(=O)C(C)(C)NP(=O)(CO[C@H](C)Cn1cnc2c(N)ncnc21)C(C(=O)OC(C)C)c1ccccc1. The first-order valence-electron chi connectivity index (χ1n) is 13.2. The van der Waals surface area contributed by atoms with Crippen molar-refractivity contribution in [3.63, 3.8) is 0 Å². The summed E-state index contributed by atoms with van der Waals surface area (Å²) in [6.45, 7) is 10.8. The highest BCUT2D eigenvalue weighted by molar-refractivity contribution is 7.63. The first-order valence-corrected chi connectivity index (χ1v) is 15.2. The monoisotopic (exact) mass is 574 g/mol. The number of nitrogens with zero attached hydrogens (tertiary/aromatic N) is 4. The number of carbonyl (C=O) groups excluding carboxylic acids is 2. The van der Waals surface area contributed by atoms with Crippen LogP contribution in [-0.2, 0) is 34.9 Å². The lowest BCUT2D eigenvalue weighted by Crippen LogP contribution is -2.48. The Balaban J connectivity index is 1.94. The maximum Gasteiger partial charge on any atom is 0.326 e. The third kappa shape index (κ3) is 7.65. The second-order valence-corrected chi connectivity index (χ2v) is 13.0. The number of ether oxygens (including phenoxy) is 3. The minimum Gasteiger partial charge on any atom is -0.464 e. The molecule has 2 aromatic heterocycles. The summed E-state index contributed by atoms with van der Waals surface area (Å²) in [5.74, 6) is -1.01. The van der Waals surface area contributed by atoms with Crippen LogP contribution < -0.4 is 10.8 Å². The molecular weight excluding hydrogens is 535 g/mol.